The van der Waals surface area contributed by atoms with Crippen LogP contribution < -0.4 is 5.32 Å². The van der Waals surface area contributed by atoms with Crippen molar-refractivity contribution in [2.45, 2.75) is 0 Å². The van der Waals surface area contributed by atoms with Gasteiger partial charge in [-0.3, -0.25) is 14.9 Å². The van der Waals surface area contributed by atoms with Crippen LogP contribution in [0.25, 0.3) is 10.2 Å². The molecule has 0 aliphatic heterocycles. The van der Waals surface area contributed by atoms with E-state index in [1.165, 1.54) is 35.6 Å². The van der Waals surface area contributed by atoms with Gasteiger partial charge in [0.15, 0.2) is 3.95 Å². The molecule has 110 valence electrons. The Morgan fingerprint density at radius 2 is 2.09 bits per heavy atom. The van der Waals surface area contributed by atoms with Gasteiger partial charge in [-0.25, -0.2) is 0 Å². The van der Waals surface area contributed by atoms with Crippen LogP contribution in [0.15, 0.2) is 42.5 Å². The van der Waals surface area contributed by atoms with Crippen LogP contribution in [0.2, 0.25) is 0 Å². The molecular weight excluding hydrogens is 322 g/mol. The molecule has 8 heteroatoms. The number of hydrogen-bond donors (Lipinski definition) is 2. The van der Waals surface area contributed by atoms with Crippen LogP contribution in [-0.4, -0.2) is 15.8 Å². The molecule has 0 aliphatic carbocycles. The first-order valence-corrected chi connectivity index (χ1v) is 7.44. The monoisotopic (exact) mass is 331 g/mol. The molecular formula is C14H9N3O3S2. The average Bonchev–Trinajstić information content (AvgIpc) is 2.86. The molecule has 0 spiro atoms. The Morgan fingerprint density at radius 3 is 2.86 bits per heavy atom. The predicted molar refractivity (Wildman–Crippen MR) is 88.1 cm³/mol. The summed E-state index contributed by atoms with van der Waals surface area (Å²) in [5.74, 6) is -0.401. The lowest BCUT2D eigenvalue weighted by molar-refractivity contribution is -0.384. The number of nitrogens with zero attached hydrogens (tertiary/aromatic N) is 1. The number of amides is 1. The molecule has 6 nitrogen and oxygen atoms in total. The van der Waals surface area contributed by atoms with Gasteiger partial charge in [-0.1, -0.05) is 6.07 Å². The number of H-pyrrole nitrogens is 1. The van der Waals surface area contributed by atoms with Crippen LogP contribution in [-0.2, 0) is 0 Å². The van der Waals surface area contributed by atoms with Crippen molar-refractivity contribution < 1.29 is 9.72 Å². The van der Waals surface area contributed by atoms with E-state index >= 15 is 0 Å². The molecule has 22 heavy (non-hydrogen) atoms. The molecule has 0 atom stereocenters. The van der Waals surface area contributed by atoms with Crippen LogP contribution in [0.3, 0.4) is 0 Å². The van der Waals surface area contributed by atoms with E-state index in [9.17, 15) is 14.9 Å². The molecule has 0 fully saturated rings. The van der Waals surface area contributed by atoms with Crippen LogP contribution >= 0.6 is 23.6 Å². The Kier molecular flexibility index (Phi) is 3.70. The zero-order chi connectivity index (χ0) is 15.7. The number of non-ortho nitro benzene ring substituents is 1. The van der Waals surface area contributed by atoms with Crippen molar-refractivity contribution in [3.63, 3.8) is 0 Å². The SMILES string of the molecule is O=C(Nc1ccc2[nH]c(=S)sc2c1)c1cccc([N+](=O)[O-])c1. The summed E-state index contributed by atoms with van der Waals surface area (Å²) >= 11 is 6.49. The zero-order valence-corrected chi connectivity index (χ0v) is 12.7. The molecule has 0 saturated carbocycles. The maximum atomic E-state index is 12.2. The lowest BCUT2D eigenvalue weighted by atomic mass is 10.2. The number of nitro groups is 1. The third kappa shape index (κ3) is 2.87. The molecule has 0 saturated heterocycles. The highest BCUT2D eigenvalue weighted by Gasteiger charge is 2.12. The fourth-order valence-electron chi connectivity index (χ4n) is 1.99. The van der Waals surface area contributed by atoms with Crippen LogP contribution in [0.5, 0.6) is 0 Å². The van der Waals surface area contributed by atoms with Gasteiger partial charge in [-0.15, -0.1) is 11.3 Å². The van der Waals surface area contributed by atoms with Gasteiger partial charge < -0.3 is 10.3 Å². The Labute approximate surface area is 133 Å². The normalized spacial score (nSPS) is 10.5. The summed E-state index contributed by atoms with van der Waals surface area (Å²) in [7, 11) is 0. The van der Waals surface area contributed by atoms with Crippen LogP contribution in [0, 0.1) is 14.1 Å². The van der Waals surface area contributed by atoms with Crippen molar-refractivity contribution in [2.24, 2.45) is 0 Å². The highest BCUT2D eigenvalue weighted by atomic mass is 32.1. The maximum Gasteiger partial charge on any atom is 0.270 e. The summed E-state index contributed by atoms with van der Waals surface area (Å²) in [5.41, 5.74) is 1.63. The van der Waals surface area contributed by atoms with Crippen molar-refractivity contribution in [3.05, 3.63) is 62.1 Å². The zero-order valence-electron chi connectivity index (χ0n) is 11.0. The summed E-state index contributed by atoms with van der Waals surface area (Å²) in [4.78, 5) is 25.4. The highest BCUT2D eigenvalue weighted by molar-refractivity contribution is 7.73. The molecule has 2 N–H and O–H groups in total. The van der Waals surface area contributed by atoms with E-state index in [1.54, 1.807) is 6.07 Å². The number of nitro benzene ring substituents is 1. The summed E-state index contributed by atoms with van der Waals surface area (Å²) in [6, 6.07) is 11.0. The number of anilines is 1. The van der Waals surface area contributed by atoms with E-state index in [0.29, 0.717) is 9.64 Å². The number of aromatic amines is 1. The second-order valence-electron chi connectivity index (χ2n) is 4.49. The standard InChI is InChI=1S/C14H9N3O3S2/c18-13(8-2-1-3-10(6-8)17(19)20)15-9-4-5-11-12(7-9)22-14(21)16-11/h1-7H,(H,15,18)(H,16,21). The van der Waals surface area contributed by atoms with Crippen molar-refractivity contribution in [1.29, 1.82) is 0 Å². The minimum Gasteiger partial charge on any atom is -0.337 e. The molecule has 0 aliphatic rings. The first-order valence-electron chi connectivity index (χ1n) is 6.21. The minimum absolute atomic E-state index is 0.119. The summed E-state index contributed by atoms with van der Waals surface area (Å²) in [6.45, 7) is 0. The number of aromatic nitrogens is 1. The van der Waals surface area contributed by atoms with Crippen molar-refractivity contribution in [3.8, 4) is 0 Å². The maximum absolute atomic E-state index is 12.2. The first-order chi connectivity index (χ1) is 10.5. The van der Waals surface area contributed by atoms with E-state index in [2.05, 4.69) is 10.3 Å². The summed E-state index contributed by atoms with van der Waals surface area (Å²) < 4.78 is 1.60. The number of thiazole rings is 1. The van der Waals surface area contributed by atoms with Crippen LogP contribution in [0.1, 0.15) is 10.4 Å². The van der Waals surface area contributed by atoms with E-state index in [1.807, 2.05) is 12.1 Å². The van der Waals surface area contributed by atoms with Crippen molar-refractivity contribution in [2.75, 3.05) is 5.32 Å². The highest BCUT2D eigenvalue weighted by Crippen LogP contribution is 2.23. The number of benzene rings is 2. The summed E-state index contributed by atoms with van der Waals surface area (Å²) in [5, 5.41) is 13.5. The molecule has 3 rings (SSSR count). The van der Waals surface area contributed by atoms with Crippen molar-refractivity contribution >= 4 is 51.1 Å². The number of carbonyl (C=O) groups is 1. The second-order valence-corrected chi connectivity index (χ2v) is 6.21. The van der Waals surface area contributed by atoms with Gasteiger partial charge in [0.05, 0.1) is 15.1 Å². The molecule has 3 aromatic rings. The quantitative estimate of drug-likeness (QED) is 0.429. The minimum atomic E-state index is -0.532. The van der Waals surface area contributed by atoms with Gasteiger partial charge in [0, 0.05) is 23.4 Å². The lowest BCUT2D eigenvalue weighted by Crippen LogP contribution is -2.11. The first kappa shape index (κ1) is 14.4. The van der Waals surface area contributed by atoms with Gasteiger partial charge in [0.25, 0.3) is 11.6 Å². The number of rotatable bonds is 3. The molecule has 1 heterocycles. The topological polar surface area (TPSA) is 88.0 Å². The van der Waals surface area contributed by atoms with Gasteiger partial charge in [-0.05, 0) is 36.5 Å². The van der Waals surface area contributed by atoms with Gasteiger partial charge in [0.2, 0.25) is 0 Å². The number of hydrogen-bond acceptors (Lipinski definition) is 5. The smallest absolute Gasteiger partial charge is 0.270 e. The van der Waals surface area contributed by atoms with E-state index in [0.717, 1.165) is 10.2 Å². The fraction of sp³-hybridized carbons (Fsp3) is 0. The molecule has 1 amide bonds. The summed E-state index contributed by atoms with van der Waals surface area (Å²) in [6.07, 6.45) is 0. The average molecular weight is 331 g/mol. The molecule has 0 radical (unpaired) electrons. The lowest BCUT2D eigenvalue weighted by Gasteiger charge is -2.05. The Hall–Kier alpha value is -2.58. The second kappa shape index (κ2) is 5.66. The predicted octanol–water partition coefficient (Wildman–Crippen LogP) is 4.12. The Morgan fingerprint density at radius 1 is 1.27 bits per heavy atom. The molecule has 2 aromatic carbocycles. The molecule has 0 bridgehead atoms. The van der Waals surface area contributed by atoms with Crippen molar-refractivity contribution in [1.82, 2.24) is 4.98 Å². The molecule has 0 unspecified atom stereocenters. The Bertz CT molecular complexity index is 946. The Balaban J connectivity index is 1.87. The van der Waals surface area contributed by atoms with E-state index in [-0.39, 0.29) is 11.3 Å². The number of nitrogens with one attached hydrogen (secondary N) is 2. The number of carbonyl (C=O) groups excluding carboxylic acids is 1. The van der Waals surface area contributed by atoms with Gasteiger partial charge in [-0.2, -0.15) is 0 Å². The van der Waals surface area contributed by atoms with E-state index in [4.69, 9.17) is 12.2 Å². The number of fused-ring (bicyclic) bond motifs is 1. The van der Waals surface area contributed by atoms with Gasteiger partial charge >= 0.3 is 0 Å². The molecule has 1 aromatic heterocycles. The third-order valence-electron chi connectivity index (χ3n) is 3.00. The van der Waals surface area contributed by atoms with Crippen LogP contribution in [0.4, 0.5) is 11.4 Å². The van der Waals surface area contributed by atoms with E-state index < -0.39 is 10.8 Å². The largest absolute Gasteiger partial charge is 0.337 e. The fourth-order valence-corrected chi connectivity index (χ4v) is 3.14. The van der Waals surface area contributed by atoms with Gasteiger partial charge in [0.1, 0.15) is 0 Å². The third-order valence-corrected chi connectivity index (χ3v) is 4.20.